The quantitative estimate of drug-likeness (QED) is 0.394. The van der Waals surface area contributed by atoms with Gasteiger partial charge in [0.15, 0.2) is 0 Å². The normalized spacial score (nSPS) is 11.2. The molecule has 1 heterocycles. The summed E-state index contributed by atoms with van der Waals surface area (Å²) in [5, 5.41) is 4.78. The van der Waals surface area contributed by atoms with Gasteiger partial charge in [0.2, 0.25) is 0 Å². The lowest BCUT2D eigenvalue weighted by Gasteiger charge is -2.07. The summed E-state index contributed by atoms with van der Waals surface area (Å²) >= 11 is 0. The van der Waals surface area contributed by atoms with Crippen LogP contribution in [0.3, 0.4) is 0 Å². The Bertz CT molecular complexity index is 863. The summed E-state index contributed by atoms with van der Waals surface area (Å²) in [5.74, 6) is -0.344. The number of carbonyl (C=O) groups excluding carboxylic acids is 1. The average Bonchev–Trinajstić information content (AvgIpc) is 3.13. The van der Waals surface area contributed by atoms with Crippen molar-refractivity contribution in [2.45, 2.75) is 13.0 Å². The Balaban J connectivity index is 1.48. The van der Waals surface area contributed by atoms with Crippen LogP contribution in [0.25, 0.3) is 17.0 Å². The van der Waals surface area contributed by atoms with Crippen molar-refractivity contribution >= 4 is 22.9 Å². The van der Waals surface area contributed by atoms with Crippen LogP contribution in [0.2, 0.25) is 0 Å². The molecule has 2 aromatic carbocycles. The van der Waals surface area contributed by atoms with Crippen LogP contribution in [0.4, 0.5) is 0 Å². The van der Waals surface area contributed by atoms with Gasteiger partial charge in [0.1, 0.15) is 0 Å². The van der Waals surface area contributed by atoms with Crippen LogP contribution in [0.1, 0.15) is 16.7 Å². The molecule has 0 spiro atoms. The van der Waals surface area contributed by atoms with Crippen molar-refractivity contribution in [3.8, 4) is 0 Å². The van der Waals surface area contributed by atoms with Crippen molar-refractivity contribution in [3.63, 3.8) is 0 Å². The molecule has 0 saturated heterocycles. The fraction of sp³-hybridized carbons (Fsp3) is 0.190. The topological polar surface area (TPSA) is 54.1 Å². The van der Waals surface area contributed by atoms with E-state index in [-0.39, 0.29) is 5.97 Å². The highest BCUT2D eigenvalue weighted by Crippen LogP contribution is 2.17. The number of hydrogen-bond donors (Lipinski definition) is 2. The van der Waals surface area contributed by atoms with E-state index in [0.717, 1.165) is 25.1 Å². The van der Waals surface area contributed by atoms with Gasteiger partial charge in [0.05, 0.1) is 7.11 Å². The molecule has 0 aliphatic heterocycles. The second-order valence-electron chi connectivity index (χ2n) is 5.88. The third kappa shape index (κ3) is 4.58. The van der Waals surface area contributed by atoms with Crippen molar-refractivity contribution < 1.29 is 9.53 Å². The van der Waals surface area contributed by atoms with Crippen molar-refractivity contribution in [2.75, 3.05) is 13.7 Å². The molecule has 0 aliphatic rings. The van der Waals surface area contributed by atoms with Gasteiger partial charge >= 0.3 is 5.97 Å². The molecule has 128 valence electrons. The highest BCUT2D eigenvalue weighted by atomic mass is 16.5. The van der Waals surface area contributed by atoms with Gasteiger partial charge in [-0.05, 0) is 47.9 Å². The zero-order chi connectivity index (χ0) is 17.5. The molecule has 4 heteroatoms. The van der Waals surface area contributed by atoms with E-state index >= 15 is 0 Å². The number of aromatic amines is 1. The lowest BCUT2D eigenvalue weighted by molar-refractivity contribution is -0.134. The van der Waals surface area contributed by atoms with Gasteiger partial charge in [-0.15, -0.1) is 0 Å². The highest BCUT2D eigenvalue weighted by molar-refractivity contribution is 5.86. The smallest absolute Gasteiger partial charge is 0.330 e. The summed E-state index contributed by atoms with van der Waals surface area (Å²) in [6.07, 6.45) is 6.16. The van der Waals surface area contributed by atoms with Gasteiger partial charge < -0.3 is 15.0 Å². The van der Waals surface area contributed by atoms with E-state index in [1.807, 2.05) is 18.3 Å². The summed E-state index contributed by atoms with van der Waals surface area (Å²) in [5.41, 5.74) is 4.74. The zero-order valence-corrected chi connectivity index (χ0v) is 14.3. The fourth-order valence-electron chi connectivity index (χ4n) is 2.80. The van der Waals surface area contributed by atoms with E-state index in [1.54, 1.807) is 6.08 Å². The van der Waals surface area contributed by atoms with E-state index in [4.69, 9.17) is 0 Å². The third-order valence-electron chi connectivity index (χ3n) is 4.18. The molecule has 0 unspecified atom stereocenters. The number of aromatic nitrogens is 1. The molecule has 0 radical (unpaired) electrons. The van der Waals surface area contributed by atoms with Gasteiger partial charge in [-0.1, -0.05) is 36.4 Å². The zero-order valence-electron chi connectivity index (χ0n) is 14.3. The monoisotopic (exact) mass is 334 g/mol. The lowest BCUT2D eigenvalue weighted by atomic mass is 10.1. The standard InChI is InChI=1S/C21H22N2O2/c1-25-21(24)10-9-16-5-7-17(8-6-16)15-22-13-11-18-3-2-4-20-19(18)12-14-23-20/h2-10,12,14,22-23H,11,13,15H2,1H3/b10-9+. The number of H-pyrrole nitrogens is 1. The minimum atomic E-state index is -0.344. The van der Waals surface area contributed by atoms with E-state index in [1.165, 1.54) is 35.2 Å². The van der Waals surface area contributed by atoms with Crippen LogP contribution in [-0.4, -0.2) is 24.6 Å². The molecule has 25 heavy (non-hydrogen) atoms. The largest absolute Gasteiger partial charge is 0.466 e. The number of carbonyl (C=O) groups is 1. The predicted octanol–water partition coefficient (Wildman–Crippen LogP) is 3.69. The first kappa shape index (κ1) is 17.0. The van der Waals surface area contributed by atoms with Crippen LogP contribution >= 0.6 is 0 Å². The van der Waals surface area contributed by atoms with Gasteiger partial charge in [-0.3, -0.25) is 0 Å². The summed E-state index contributed by atoms with van der Waals surface area (Å²) in [6.45, 7) is 1.75. The molecule has 2 N–H and O–H groups in total. The number of hydrogen-bond acceptors (Lipinski definition) is 3. The Kier molecular flexibility index (Phi) is 5.65. The summed E-state index contributed by atoms with van der Waals surface area (Å²) in [7, 11) is 1.37. The molecule has 0 fully saturated rings. The van der Waals surface area contributed by atoms with Crippen molar-refractivity contribution in [1.82, 2.24) is 10.3 Å². The van der Waals surface area contributed by atoms with Crippen LogP contribution in [-0.2, 0) is 22.5 Å². The minimum Gasteiger partial charge on any atom is -0.466 e. The molecule has 4 nitrogen and oxygen atoms in total. The number of benzene rings is 2. The van der Waals surface area contributed by atoms with E-state index in [9.17, 15) is 4.79 Å². The molecule has 0 amide bonds. The van der Waals surface area contributed by atoms with Crippen molar-refractivity contribution in [3.05, 3.63) is 77.5 Å². The maximum Gasteiger partial charge on any atom is 0.330 e. The highest BCUT2D eigenvalue weighted by Gasteiger charge is 2.01. The second kappa shape index (κ2) is 8.31. The number of fused-ring (bicyclic) bond motifs is 1. The maximum absolute atomic E-state index is 11.1. The van der Waals surface area contributed by atoms with E-state index in [0.29, 0.717) is 0 Å². The van der Waals surface area contributed by atoms with E-state index < -0.39 is 0 Å². The van der Waals surface area contributed by atoms with Crippen LogP contribution < -0.4 is 5.32 Å². The van der Waals surface area contributed by atoms with Crippen LogP contribution in [0.15, 0.2) is 60.8 Å². The van der Waals surface area contributed by atoms with Crippen molar-refractivity contribution in [2.24, 2.45) is 0 Å². The molecule has 1 aromatic heterocycles. The first-order valence-electron chi connectivity index (χ1n) is 8.37. The molecule has 0 aliphatic carbocycles. The number of methoxy groups -OCH3 is 1. The summed E-state index contributed by atoms with van der Waals surface area (Å²) in [4.78, 5) is 14.3. The predicted molar refractivity (Wildman–Crippen MR) is 101 cm³/mol. The Hall–Kier alpha value is -2.85. The third-order valence-corrected chi connectivity index (χ3v) is 4.18. The Morgan fingerprint density at radius 2 is 2.00 bits per heavy atom. The first-order chi connectivity index (χ1) is 12.3. The molecular weight excluding hydrogens is 312 g/mol. The van der Waals surface area contributed by atoms with Crippen LogP contribution in [0, 0.1) is 0 Å². The summed E-state index contributed by atoms with van der Waals surface area (Å²) in [6, 6.07) is 16.6. The van der Waals surface area contributed by atoms with Gasteiger partial charge in [-0.25, -0.2) is 4.79 Å². The first-order valence-corrected chi connectivity index (χ1v) is 8.37. The lowest BCUT2D eigenvalue weighted by Crippen LogP contribution is -2.16. The van der Waals surface area contributed by atoms with Gasteiger partial charge in [0.25, 0.3) is 0 Å². The molecule has 0 bridgehead atoms. The number of nitrogens with one attached hydrogen (secondary N) is 2. The fourth-order valence-corrected chi connectivity index (χ4v) is 2.80. The van der Waals surface area contributed by atoms with Gasteiger partial charge in [0, 0.05) is 29.7 Å². The number of ether oxygens (including phenoxy) is 1. The molecular formula is C21H22N2O2. The molecule has 0 saturated carbocycles. The SMILES string of the molecule is COC(=O)/C=C/c1ccc(CNCCc2cccc3[nH]ccc23)cc1. The Morgan fingerprint density at radius 3 is 2.80 bits per heavy atom. The maximum atomic E-state index is 11.1. The van der Waals surface area contributed by atoms with Gasteiger partial charge in [-0.2, -0.15) is 0 Å². The Morgan fingerprint density at radius 1 is 1.16 bits per heavy atom. The molecule has 3 aromatic rings. The Labute approximate surface area is 147 Å². The van der Waals surface area contributed by atoms with Crippen LogP contribution in [0.5, 0.6) is 0 Å². The van der Waals surface area contributed by atoms with Crippen molar-refractivity contribution in [1.29, 1.82) is 0 Å². The molecule has 3 rings (SSSR count). The molecule has 0 atom stereocenters. The summed E-state index contributed by atoms with van der Waals surface area (Å²) < 4.78 is 4.58. The average molecular weight is 334 g/mol. The minimum absolute atomic E-state index is 0.344. The number of esters is 1. The number of rotatable bonds is 7. The second-order valence-corrected chi connectivity index (χ2v) is 5.88. The van der Waals surface area contributed by atoms with E-state index in [2.05, 4.69) is 51.4 Å².